The van der Waals surface area contributed by atoms with Crippen LogP contribution < -0.4 is 10.2 Å². The van der Waals surface area contributed by atoms with E-state index in [1.807, 2.05) is 53.9 Å². The fourth-order valence-electron chi connectivity index (χ4n) is 6.44. The molecule has 1 N–H and O–H groups in total. The van der Waals surface area contributed by atoms with Crippen LogP contribution in [0.5, 0.6) is 0 Å². The van der Waals surface area contributed by atoms with Crippen molar-refractivity contribution < 1.29 is 9.59 Å². The number of hydrogen-bond acceptors (Lipinski definition) is 9. The molecule has 0 spiro atoms. The third kappa shape index (κ3) is 5.54. The predicted octanol–water partition coefficient (Wildman–Crippen LogP) is 2.66. The van der Waals surface area contributed by atoms with Crippen LogP contribution in [0.1, 0.15) is 23.2 Å². The van der Waals surface area contributed by atoms with Gasteiger partial charge in [0, 0.05) is 74.2 Å². The number of carbonyl (C=O) groups excluding carboxylic acids is 2. The number of nitrogens with one attached hydrogen (secondary N) is 1. The molecule has 3 saturated heterocycles. The molecule has 4 aromatic rings. The Balaban J connectivity index is 1.03. The van der Waals surface area contributed by atoms with Gasteiger partial charge in [0.15, 0.2) is 5.65 Å². The van der Waals surface area contributed by atoms with Crippen LogP contribution in [0, 0.1) is 0 Å². The summed E-state index contributed by atoms with van der Waals surface area (Å²) in [6, 6.07) is 12.3. The Morgan fingerprint density at radius 1 is 1.02 bits per heavy atom. The molecule has 0 aliphatic carbocycles. The molecule has 7 rings (SSSR count). The number of piperazine rings is 2. The van der Waals surface area contributed by atoms with Gasteiger partial charge in [0.25, 0.3) is 5.91 Å². The largest absolute Gasteiger partial charge is 0.364 e. The first-order chi connectivity index (χ1) is 20.9. The molecule has 2 atom stereocenters. The van der Waals surface area contributed by atoms with E-state index in [4.69, 9.17) is 4.98 Å². The third-order valence-corrected chi connectivity index (χ3v) is 9.52. The standard InChI is InChI=1S/C30H36N10O2S/c1-35-12-14-36(15-13-35)27(41)20-38-17-22(16-31-38)32-30-33-28-26(4-3-11-39(28)34-30)37-18-23-7-8-24(19-37)40(23)29(42)21-5-9-25(43-2)10-6-21/h3-6,9-11,16-17,23-24H,7-8,12-15,18-20H2,1-2H3,(H,32,34). The Morgan fingerprint density at radius 2 is 1.77 bits per heavy atom. The zero-order chi connectivity index (χ0) is 29.5. The van der Waals surface area contributed by atoms with E-state index >= 15 is 0 Å². The molecular formula is C30H36N10O2S. The minimum absolute atomic E-state index is 0.0718. The van der Waals surface area contributed by atoms with Crippen LogP contribution in [0.2, 0.25) is 0 Å². The maximum Gasteiger partial charge on any atom is 0.254 e. The predicted molar refractivity (Wildman–Crippen MR) is 166 cm³/mol. The molecule has 2 bridgehead atoms. The number of benzene rings is 1. The van der Waals surface area contributed by atoms with Crippen molar-refractivity contribution in [3.05, 3.63) is 60.6 Å². The van der Waals surface area contributed by atoms with Crippen molar-refractivity contribution in [2.75, 3.05) is 62.8 Å². The van der Waals surface area contributed by atoms with E-state index in [-0.39, 0.29) is 30.4 Å². The second-order valence-electron chi connectivity index (χ2n) is 11.6. The highest BCUT2D eigenvalue weighted by atomic mass is 32.2. The van der Waals surface area contributed by atoms with Crippen LogP contribution in [0.25, 0.3) is 5.65 Å². The van der Waals surface area contributed by atoms with E-state index in [9.17, 15) is 9.59 Å². The second kappa shape index (κ2) is 11.5. The highest BCUT2D eigenvalue weighted by Crippen LogP contribution is 2.35. The van der Waals surface area contributed by atoms with E-state index in [0.29, 0.717) is 5.95 Å². The van der Waals surface area contributed by atoms with E-state index in [1.54, 1.807) is 27.2 Å². The molecule has 6 heterocycles. The number of amides is 2. The fraction of sp³-hybridized carbons (Fsp3) is 0.433. The highest BCUT2D eigenvalue weighted by Gasteiger charge is 2.43. The Labute approximate surface area is 254 Å². The minimum Gasteiger partial charge on any atom is -0.364 e. The number of fused-ring (bicyclic) bond motifs is 3. The SMILES string of the molecule is CSc1ccc(C(=O)N2C3CCC2CN(c2cccn4nc(Nc5cnn(CC(=O)N6CCN(C)CC6)c5)nc24)C3)cc1. The molecule has 0 radical (unpaired) electrons. The summed E-state index contributed by atoms with van der Waals surface area (Å²) in [6.45, 7) is 4.99. The number of rotatable bonds is 7. The van der Waals surface area contributed by atoms with Gasteiger partial charge in [0.05, 0.1) is 17.6 Å². The molecule has 3 aliphatic heterocycles. The summed E-state index contributed by atoms with van der Waals surface area (Å²) in [6.07, 6.45) is 9.43. The Hall–Kier alpha value is -4.10. The van der Waals surface area contributed by atoms with Crippen LogP contribution in [0.3, 0.4) is 0 Å². The monoisotopic (exact) mass is 600 g/mol. The van der Waals surface area contributed by atoms with Gasteiger partial charge < -0.3 is 24.9 Å². The molecule has 43 heavy (non-hydrogen) atoms. The smallest absolute Gasteiger partial charge is 0.254 e. The molecule has 2 unspecified atom stereocenters. The van der Waals surface area contributed by atoms with Crippen molar-refractivity contribution in [1.29, 1.82) is 0 Å². The maximum atomic E-state index is 13.5. The average Bonchev–Trinajstić information content (AvgIpc) is 3.72. The Bertz CT molecular complexity index is 1610. The lowest BCUT2D eigenvalue weighted by Crippen LogP contribution is -2.56. The Kier molecular flexibility index (Phi) is 7.43. The average molecular weight is 601 g/mol. The summed E-state index contributed by atoms with van der Waals surface area (Å²) in [4.78, 5) is 40.8. The van der Waals surface area contributed by atoms with Gasteiger partial charge in [-0.25, -0.2) is 4.52 Å². The quantitative estimate of drug-likeness (QED) is 0.321. The summed E-state index contributed by atoms with van der Waals surface area (Å²) in [5.41, 5.74) is 3.24. The molecule has 0 saturated carbocycles. The van der Waals surface area contributed by atoms with E-state index < -0.39 is 0 Å². The van der Waals surface area contributed by atoms with Crippen LogP contribution in [-0.2, 0) is 11.3 Å². The lowest BCUT2D eigenvalue weighted by Gasteiger charge is -2.42. The highest BCUT2D eigenvalue weighted by molar-refractivity contribution is 7.98. The number of nitrogens with zero attached hydrogens (tertiary/aromatic N) is 9. The number of anilines is 3. The number of pyridine rings is 1. The maximum absolute atomic E-state index is 13.5. The van der Waals surface area contributed by atoms with Crippen LogP contribution in [-0.4, -0.2) is 116 Å². The normalized spacial score (nSPS) is 20.7. The number of carbonyl (C=O) groups is 2. The molecule has 3 aromatic heterocycles. The van der Waals surface area contributed by atoms with Gasteiger partial charge in [-0.05, 0) is 62.5 Å². The zero-order valence-electron chi connectivity index (χ0n) is 24.5. The Morgan fingerprint density at radius 3 is 2.49 bits per heavy atom. The topological polar surface area (TPSA) is 107 Å². The molecule has 13 heteroatoms. The molecule has 3 aliphatic rings. The van der Waals surface area contributed by atoms with Gasteiger partial charge >= 0.3 is 0 Å². The van der Waals surface area contributed by atoms with Crippen molar-refractivity contribution in [2.24, 2.45) is 0 Å². The first-order valence-corrected chi connectivity index (χ1v) is 16.0. The first kappa shape index (κ1) is 27.7. The van der Waals surface area contributed by atoms with Crippen molar-refractivity contribution >= 4 is 46.5 Å². The van der Waals surface area contributed by atoms with Crippen LogP contribution in [0.15, 0.2) is 59.9 Å². The zero-order valence-corrected chi connectivity index (χ0v) is 25.3. The summed E-state index contributed by atoms with van der Waals surface area (Å²) < 4.78 is 3.43. The van der Waals surface area contributed by atoms with Crippen molar-refractivity contribution in [1.82, 2.24) is 39.1 Å². The summed E-state index contributed by atoms with van der Waals surface area (Å²) in [5.74, 6) is 0.656. The molecule has 224 valence electrons. The number of thioether (sulfide) groups is 1. The van der Waals surface area contributed by atoms with Crippen molar-refractivity contribution in [2.45, 2.75) is 36.4 Å². The molecule has 2 amide bonds. The molecule has 1 aromatic carbocycles. The summed E-state index contributed by atoms with van der Waals surface area (Å²) >= 11 is 1.68. The van der Waals surface area contributed by atoms with Gasteiger partial charge in [-0.3, -0.25) is 14.3 Å². The summed E-state index contributed by atoms with van der Waals surface area (Å²) in [5, 5.41) is 12.3. The fourth-order valence-corrected chi connectivity index (χ4v) is 6.85. The van der Waals surface area contributed by atoms with Gasteiger partial charge in [-0.2, -0.15) is 10.1 Å². The van der Waals surface area contributed by atoms with Gasteiger partial charge in [0.1, 0.15) is 6.54 Å². The number of likely N-dealkylation sites (N-methyl/N-ethyl adjacent to an activating group) is 1. The molecule has 12 nitrogen and oxygen atoms in total. The van der Waals surface area contributed by atoms with Gasteiger partial charge in [0.2, 0.25) is 11.9 Å². The number of aromatic nitrogens is 5. The van der Waals surface area contributed by atoms with E-state index in [1.165, 1.54) is 0 Å². The lowest BCUT2D eigenvalue weighted by molar-refractivity contribution is -0.133. The lowest BCUT2D eigenvalue weighted by atomic mass is 10.1. The molecule has 3 fully saturated rings. The molecular weight excluding hydrogens is 564 g/mol. The van der Waals surface area contributed by atoms with Gasteiger partial charge in [-0.1, -0.05) is 0 Å². The van der Waals surface area contributed by atoms with Crippen molar-refractivity contribution in [3.8, 4) is 0 Å². The second-order valence-corrected chi connectivity index (χ2v) is 12.4. The van der Waals surface area contributed by atoms with Crippen molar-refractivity contribution in [3.63, 3.8) is 0 Å². The van der Waals surface area contributed by atoms with Crippen LogP contribution >= 0.6 is 11.8 Å². The summed E-state index contributed by atoms with van der Waals surface area (Å²) in [7, 11) is 2.07. The van der Waals surface area contributed by atoms with Crippen LogP contribution in [0.4, 0.5) is 17.3 Å². The van der Waals surface area contributed by atoms with Gasteiger partial charge in [-0.15, -0.1) is 16.9 Å². The first-order valence-electron chi connectivity index (χ1n) is 14.8. The van der Waals surface area contributed by atoms with E-state index in [0.717, 1.165) is 79.6 Å². The minimum atomic E-state index is 0.0718. The third-order valence-electron chi connectivity index (χ3n) is 8.78. The number of hydrogen-bond donors (Lipinski definition) is 1. The van der Waals surface area contributed by atoms with E-state index in [2.05, 4.69) is 43.3 Å².